The van der Waals surface area contributed by atoms with Crippen molar-refractivity contribution in [1.29, 1.82) is 0 Å². The van der Waals surface area contributed by atoms with E-state index in [0.717, 1.165) is 11.1 Å². The van der Waals surface area contributed by atoms with Crippen LogP contribution in [0.25, 0.3) is 11.3 Å². The van der Waals surface area contributed by atoms with E-state index in [4.69, 9.17) is 19.7 Å². The van der Waals surface area contributed by atoms with E-state index < -0.39 is 0 Å². The van der Waals surface area contributed by atoms with Crippen LogP contribution in [-0.4, -0.2) is 26.0 Å². The number of hydrogen-bond donors (Lipinski definition) is 1. The van der Waals surface area contributed by atoms with Crippen molar-refractivity contribution in [2.45, 2.75) is 6.10 Å². The SMILES string of the molecule is COCC(OC)c1ccc(-c2cc(N)no2)cc1. The molecule has 0 aliphatic carbocycles. The number of nitrogens with two attached hydrogens (primary N) is 1. The van der Waals surface area contributed by atoms with Gasteiger partial charge < -0.3 is 19.7 Å². The molecule has 1 aromatic carbocycles. The predicted molar refractivity (Wildman–Crippen MR) is 68.0 cm³/mol. The third kappa shape index (κ3) is 2.69. The van der Waals surface area contributed by atoms with E-state index in [2.05, 4.69) is 5.16 Å². The molecule has 2 rings (SSSR count). The molecule has 1 aromatic heterocycles. The molecule has 0 aliphatic rings. The van der Waals surface area contributed by atoms with E-state index >= 15 is 0 Å². The lowest BCUT2D eigenvalue weighted by atomic mass is 10.1. The Bertz CT molecular complexity index is 493. The summed E-state index contributed by atoms with van der Waals surface area (Å²) < 4.78 is 15.5. The molecule has 0 aliphatic heterocycles. The molecule has 0 amide bonds. The first-order valence-electron chi connectivity index (χ1n) is 5.59. The Hall–Kier alpha value is -1.85. The number of hydrogen-bond acceptors (Lipinski definition) is 5. The van der Waals surface area contributed by atoms with E-state index in [0.29, 0.717) is 18.2 Å². The third-order valence-electron chi connectivity index (χ3n) is 2.70. The fourth-order valence-electron chi connectivity index (χ4n) is 1.74. The topological polar surface area (TPSA) is 70.5 Å². The lowest BCUT2D eigenvalue weighted by Crippen LogP contribution is -2.08. The first kappa shape index (κ1) is 12.6. The Kier molecular flexibility index (Phi) is 3.96. The van der Waals surface area contributed by atoms with Crippen LogP contribution in [0.2, 0.25) is 0 Å². The average molecular weight is 248 g/mol. The molecule has 0 saturated heterocycles. The summed E-state index contributed by atoms with van der Waals surface area (Å²) in [5.41, 5.74) is 7.49. The minimum absolute atomic E-state index is 0.0659. The lowest BCUT2D eigenvalue weighted by Gasteiger charge is -2.14. The highest BCUT2D eigenvalue weighted by atomic mass is 16.5. The van der Waals surface area contributed by atoms with Gasteiger partial charge in [0.25, 0.3) is 0 Å². The Morgan fingerprint density at radius 1 is 1.28 bits per heavy atom. The van der Waals surface area contributed by atoms with Crippen LogP contribution in [0, 0.1) is 0 Å². The lowest BCUT2D eigenvalue weighted by molar-refractivity contribution is 0.0275. The maximum Gasteiger partial charge on any atom is 0.169 e. The smallest absolute Gasteiger partial charge is 0.169 e. The van der Waals surface area contributed by atoms with Crippen molar-refractivity contribution in [3.8, 4) is 11.3 Å². The Morgan fingerprint density at radius 3 is 2.50 bits per heavy atom. The molecule has 1 atom stereocenters. The van der Waals surface area contributed by atoms with Gasteiger partial charge in [-0.1, -0.05) is 29.4 Å². The Morgan fingerprint density at radius 2 is 2.00 bits per heavy atom. The molecule has 2 N–H and O–H groups in total. The van der Waals surface area contributed by atoms with Gasteiger partial charge in [0.1, 0.15) is 6.10 Å². The highest BCUT2D eigenvalue weighted by Crippen LogP contribution is 2.24. The number of ether oxygens (including phenoxy) is 2. The van der Waals surface area contributed by atoms with Crippen LogP contribution in [0.15, 0.2) is 34.9 Å². The number of aromatic nitrogens is 1. The monoisotopic (exact) mass is 248 g/mol. The van der Waals surface area contributed by atoms with Gasteiger partial charge in [0.2, 0.25) is 0 Å². The molecule has 0 fully saturated rings. The zero-order valence-electron chi connectivity index (χ0n) is 10.4. The number of nitrogen functional groups attached to an aromatic ring is 1. The predicted octanol–water partition coefficient (Wildman–Crippen LogP) is 2.26. The van der Waals surface area contributed by atoms with Crippen LogP contribution in [0.5, 0.6) is 0 Å². The standard InChI is InChI=1S/C13H16N2O3/c1-16-8-12(17-2)10-5-3-9(4-6-10)11-7-13(14)15-18-11/h3-7,12H,8H2,1-2H3,(H2,14,15). The minimum atomic E-state index is -0.0659. The second-order valence-electron chi connectivity index (χ2n) is 3.92. The first-order chi connectivity index (χ1) is 8.74. The molecule has 1 unspecified atom stereocenters. The summed E-state index contributed by atoms with van der Waals surface area (Å²) in [4.78, 5) is 0. The van der Waals surface area contributed by atoms with Crippen molar-refractivity contribution >= 4 is 5.82 Å². The van der Waals surface area contributed by atoms with Crippen molar-refractivity contribution in [2.24, 2.45) is 0 Å². The number of anilines is 1. The van der Waals surface area contributed by atoms with Crippen LogP contribution >= 0.6 is 0 Å². The molecule has 18 heavy (non-hydrogen) atoms. The van der Waals surface area contributed by atoms with Crippen molar-refractivity contribution in [3.05, 3.63) is 35.9 Å². The minimum Gasteiger partial charge on any atom is -0.382 e. The molecule has 0 radical (unpaired) electrons. The number of rotatable bonds is 5. The third-order valence-corrected chi connectivity index (χ3v) is 2.70. The van der Waals surface area contributed by atoms with Crippen molar-refractivity contribution < 1.29 is 14.0 Å². The Balaban J connectivity index is 2.19. The van der Waals surface area contributed by atoms with Crippen LogP contribution in [0.4, 0.5) is 5.82 Å². The molecule has 5 nitrogen and oxygen atoms in total. The van der Waals surface area contributed by atoms with E-state index in [1.165, 1.54) is 0 Å². The zero-order valence-corrected chi connectivity index (χ0v) is 10.4. The van der Waals surface area contributed by atoms with Crippen molar-refractivity contribution in [3.63, 3.8) is 0 Å². The summed E-state index contributed by atoms with van der Waals surface area (Å²) in [5.74, 6) is 1.03. The highest BCUT2D eigenvalue weighted by Gasteiger charge is 2.11. The normalized spacial score (nSPS) is 12.6. The maximum atomic E-state index is 5.51. The van der Waals surface area contributed by atoms with Gasteiger partial charge in [-0.15, -0.1) is 0 Å². The first-order valence-corrected chi connectivity index (χ1v) is 5.59. The molecule has 5 heteroatoms. The van der Waals surface area contributed by atoms with Gasteiger partial charge in [0, 0.05) is 25.8 Å². The summed E-state index contributed by atoms with van der Waals surface area (Å²) in [6.07, 6.45) is -0.0659. The fraction of sp³-hybridized carbons (Fsp3) is 0.308. The molecular weight excluding hydrogens is 232 g/mol. The van der Waals surface area contributed by atoms with Crippen LogP contribution in [-0.2, 0) is 9.47 Å². The van der Waals surface area contributed by atoms with Gasteiger partial charge in [0.05, 0.1) is 6.61 Å². The molecular formula is C13H16N2O3. The van der Waals surface area contributed by atoms with Gasteiger partial charge in [-0.05, 0) is 5.56 Å². The highest BCUT2D eigenvalue weighted by molar-refractivity contribution is 5.60. The van der Waals surface area contributed by atoms with E-state index in [1.54, 1.807) is 20.3 Å². The van der Waals surface area contributed by atoms with Crippen LogP contribution < -0.4 is 5.73 Å². The second-order valence-corrected chi connectivity index (χ2v) is 3.92. The number of benzene rings is 1. The zero-order chi connectivity index (χ0) is 13.0. The average Bonchev–Trinajstić information content (AvgIpc) is 2.83. The fourth-order valence-corrected chi connectivity index (χ4v) is 1.74. The Labute approximate surface area is 105 Å². The quantitative estimate of drug-likeness (QED) is 0.878. The van der Waals surface area contributed by atoms with E-state index in [9.17, 15) is 0 Å². The maximum absolute atomic E-state index is 5.51. The van der Waals surface area contributed by atoms with Gasteiger partial charge in [-0.3, -0.25) is 0 Å². The van der Waals surface area contributed by atoms with Gasteiger partial charge in [-0.25, -0.2) is 0 Å². The second kappa shape index (κ2) is 5.66. The largest absolute Gasteiger partial charge is 0.382 e. The molecule has 2 aromatic rings. The number of nitrogens with zero attached hydrogens (tertiary/aromatic N) is 1. The van der Waals surface area contributed by atoms with Crippen molar-refractivity contribution in [1.82, 2.24) is 5.16 Å². The summed E-state index contributed by atoms with van der Waals surface area (Å²) in [6, 6.07) is 9.52. The molecule has 0 spiro atoms. The molecule has 0 bridgehead atoms. The van der Waals surface area contributed by atoms with Crippen LogP contribution in [0.3, 0.4) is 0 Å². The van der Waals surface area contributed by atoms with E-state index in [1.807, 2.05) is 24.3 Å². The van der Waals surface area contributed by atoms with Crippen LogP contribution in [0.1, 0.15) is 11.7 Å². The molecule has 96 valence electrons. The van der Waals surface area contributed by atoms with Crippen molar-refractivity contribution in [2.75, 3.05) is 26.6 Å². The number of methoxy groups -OCH3 is 2. The van der Waals surface area contributed by atoms with Gasteiger partial charge >= 0.3 is 0 Å². The summed E-state index contributed by atoms with van der Waals surface area (Å²) in [7, 11) is 3.31. The summed E-state index contributed by atoms with van der Waals surface area (Å²) >= 11 is 0. The summed E-state index contributed by atoms with van der Waals surface area (Å²) in [5, 5.41) is 3.65. The van der Waals surface area contributed by atoms with Gasteiger partial charge in [0.15, 0.2) is 11.6 Å². The molecule has 1 heterocycles. The molecule has 0 saturated carbocycles. The van der Waals surface area contributed by atoms with E-state index in [-0.39, 0.29) is 6.10 Å². The van der Waals surface area contributed by atoms with Gasteiger partial charge in [-0.2, -0.15) is 0 Å². The summed E-state index contributed by atoms with van der Waals surface area (Å²) in [6.45, 7) is 0.519.